The molecule has 1 aromatic rings. The lowest BCUT2D eigenvalue weighted by Crippen LogP contribution is -2.19. The first-order valence-electron chi connectivity index (χ1n) is 3.06. The monoisotopic (exact) mass is 433 g/mol. The predicted molar refractivity (Wildman–Crippen MR) is 56.3 cm³/mol. The summed E-state index contributed by atoms with van der Waals surface area (Å²) in [6.45, 7) is 0. The molecule has 0 radical (unpaired) electrons. The molecular formula is C6HF4I2NO. The Balaban J connectivity index is 3.13. The second kappa shape index (κ2) is 4.33. The number of hydrogen-bond acceptors (Lipinski definition) is 2. The van der Waals surface area contributed by atoms with Crippen molar-refractivity contribution in [2.24, 2.45) is 0 Å². The Morgan fingerprint density at radius 1 is 1.29 bits per heavy atom. The minimum atomic E-state index is -4.84. The highest BCUT2D eigenvalue weighted by atomic mass is 127. The molecule has 2 nitrogen and oxygen atoms in total. The van der Waals surface area contributed by atoms with Crippen LogP contribution in [0.15, 0.2) is 6.20 Å². The van der Waals surface area contributed by atoms with E-state index in [0.717, 1.165) is 6.20 Å². The summed E-state index contributed by atoms with van der Waals surface area (Å²) in [7, 11) is 0. The van der Waals surface area contributed by atoms with Gasteiger partial charge in [0.05, 0.1) is 9.77 Å². The predicted octanol–water partition coefficient (Wildman–Crippen LogP) is 3.33. The molecule has 0 atom stereocenters. The van der Waals surface area contributed by atoms with Crippen molar-refractivity contribution >= 4 is 45.2 Å². The highest BCUT2D eigenvalue weighted by Gasteiger charge is 2.33. The Labute approximate surface area is 103 Å². The summed E-state index contributed by atoms with van der Waals surface area (Å²) in [6, 6.07) is 0. The second-order valence-electron chi connectivity index (χ2n) is 2.09. The number of rotatable bonds is 1. The van der Waals surface area contributed by atoms with Crippen LogP contribution in [-0.2, 0) is 0 Å². The summed E-state index contributed by atoms with van der Waals surface area (Å²) in [6.07, 6.45) is -4.00. The topological polar surface area (TPSA) is 22.1 Å². The lowest BCUT2D eigenvalue weighted by atomic mass is 10.4. The van der Waals surface area contributed by atoms with Crippen LogP contribution in [0, 0.1) is 13.1 Å². The number of hydrogen-bond donors (Lipinski definition) is 0. The van der Waals surface area contributed by atoms with E-state index in [2.05, 4.69) is 9.72 Å². The zero-order chi connectivity index (χ0) is 10.9. The van der Waals surface area contributed by atoms with Crippen molar-refractivity contribution in [1.29, 1.82) is 0 Å². The van der Waals surface area contributed by atoms with E-state index in [1.165, 1.54) is 45.2 Å². The molecule has 8 heteroatoms. The fourth-order valence-corrected chi connectivity index (χ4v) is 2.17. The maximum Gasteiger partial charge on any atom is 0.573 e. The number of nitrogens with zero attached hydrogens (tertiary/aromatic N) is 1. The largest absolute Gasteiger partial charge is 0.573 e. The van der Waals surface area contributed by atoms with Crippen molar-refractivity contribution in [1.82, 2.24) is 4.98 Å². The van der Waals surface area contributed by atoms with Crippen LogP contribution in [0.4, 0.5) is 17.6 Å². The van der Waals surface area contributed by atoms with Gasteiger partial charge in [0.1, 0.15) is 3.70 Å². The number of aromatic nitrogens is 1. The molecule has 0 aliphatic carbocycles. The molecule has 1 heterocycles. The molecule has 0 spiro atoms. The molecule has 78 valence electrons. The molecule has 1 aromatic heterocycles. The Bertz CT molecular complexity index is 354. The highest BCUT2D eigenvalue weighted by molar-refractivity contribution is 14.1. The molecule has 0 N–H and O–H groups in total. The zero-order valence-electron chi connectivity index (χ0n) is 6.20. The van der Waals surface area contributed by atoms with Gasteiger partial charge in [0.2, 0.25) is 0 Å². The van der Waals surface area contributed by atoms with E-state index in [4.69, 9.17) is 0 Å². The average molecular weight is 433 g/mol. The molecule has 0 saturated carbocycles. The van der Waals surface area contributed by atoms with Crippen molar-refractivity contribution in [3.05, 3.63) is 19.3 Å². The minimum Gasteiger partial charge on any atom is -0.402 e. The van der Waals surface area contributed by atoms with Gasteiger partial charge in [-0.25, -0.2) is 9.37 Å². The van der Waals surface area contributed by atoms with Crippen LogP contribution in [0.5, 0.6) is 5.75 Å². The molecule has 0 aromatic carbocycles. The SMILES string of the molecule is Fc1cnc(I)c(OC(F)(F)F)c1I. The van der Waals surface area contributed by atoms with Crippen LogP contribution in [0.1, 0.15) is 0 Å². The van der Waals surface area contributed by atoms with Crippen molar-refractivity contribution < 1.29 is 22.3 Å². The third kappa shape index (κ3) is 3.07. The molecule has 0 unspecified atom stereocenters. The first-order valence-corrected chi connectivity index (χ1v) is 5.22. The van der Waals surface area contributed by atoms with Crippen molar-refractivity contribution in [3.63, 3.8) is 0 Å². The van der Waals surface area contributed by atoms with Gasteiger partial charge in [-0.3, -0.25) is 0 Å². The van der Waals surface area contributed by atoms with Crippen molar-refractivity contribution in [3.8, 4) is 5.75 Å². The number of halogens is 6. The molecule has 0 bridgehead atoms. The summed E-state index contributed by atoms with van der Waals surface area (Å²) in [5.41, 5.74) is 0. The smallest absolute Gasteiger partial charge is 0.402 e. The Hall–Kier alpha value is 0.130. The summed E-state index contributed by atoms with van der Waals surface area (Å²) < 4.78 is 51.7. The van der Waals surface area contributed by atoms with Gasteiger partial charge in [-0.1, -0.05) is 0 Å². The van der Waals surface area contributed by atoms with Gasteiger partial charge in [-0.2, -0.15) is 0 Å². The molecule has 1 rings (SSSR count). The molecule has 0 fully saturated rings. The molecular weight excluding hydrogens is 432 g/mol. The molecule has 0 amide bonds. The van der Waals surface area contributed by atoms with E-state index in [1.807, 2.05) is 0 Å². The quantitative estimate of drug-likeness (QED) is 0.386. The first-order chi connectivity index (χ1) is 6.31. The van der Waals surface area contributed by atoms with Gasteiger partial charge in [0, 0.05) is 0 Å². The van der Waals surface area contributed by atoms with Gasteiger partial charge in [-0.15, -0.1) is 13.2 Å². The van der Waals surface area contributed by atoms with Crippen LogP contribution in [0.25, 0.3) is 0 Å². The standard InChI is InChI=1S/C6HF4I2NO/c7-2-1-13-5(12)4(3(2)11)14-6(8,9)10/h1H. The van der Waals surface area contributed by atoms with Crippen molar-refractivity contribution in [2.75, 3.05) is 0 Å². The first kappa shape index (κ1) is 12.2. The lowest BCUT2D eigenvalue weighted by molar-refractivity contribution is -0.275. The minimum absolute atomic E-state index is 0.0364. The second-order valence-corrected chi connectivity index (χ2v) is 4.19. The van der Waals surface area contributed by atoms with E-state index in [9.17, 15) is 17.6 Å². The maximum absolute atomic E-state index is 12.8. The third-order valence-electron chi connectivity index (χ3n) is 1.11. The van der Waals surface area contributed by atoms with Gasteiger partial charge in [-0.05, 0) is 45.2 Å². The highest BCUT2D eigenvalue weighted by Crippen LogP contribution is 2.32. The van der Waals surface area contributed by atoms with E-state index in [0.29, 0.717) is 0 Å². The number of ether oxygens (including phenoxy) is 1. The molecule has 0 aliphatic heterocycles. The zero-order valence-corrected chi connectivity index (χ0v) is 10.5. The lowest BCUT2D eigenvalue weighted by Gasteiger charge is -2.11. The fraction of sp³-hybridized carbons (Fsp3) is 0.167. The van der Waals surface area contributed by atoms with Gasteiger partial charge >= 0.3 is 6.36 Å². The normalized spacial score (nSPS) is 11.6. The molecule has 14 heavy (non-hydrogen) atoms. The Morgan fingerprint density at radius 2 is 1.86 bits per heavy atom. The van der Waals surface area contributed by atoms with E-state index >= 15 is 0 Å². The summed E-state index contributed by atoms with van der Waals surface area (Å²) in [4.78, 5) is 3.41. The third-order valence-corrected chi connectivity index (χ3v) is 2.88. The van der Waals surface area contributed by atoms with Crippen LogP contribution in [0.3, 0.4) is 0 Å². The van der Waals surface area contributed by atoms with Crippen LogP contribution in [-0.4, -0.2) is 11.3 Å². The Morgan fingerprint density at radius 3 is 2.36 bits per heavy atom. The summed E-state index contributed by atoms with van der Waals surface area (Å²) in [5.74, 6) is -1.44. The maximum atomic E-state index is 12.8. The summed E-state index contributed by atoms with van der Waals surface area (Å²) in [5, 5.41) is 0. The fourth-order valence-electron chi connectivity index (χ4n) is 0.630. The van der Waals surface area contributed by atoms with Crippen LogP contribution < -0.4 is 4.74 Å². The Kier molecular flexibility index (Phi) is 3.77. The number of alkyl halides is 3. The van der Waals surface area contributed by atoms with Gasteiger partial charge in [0.25, 0.3) is 0 Å². The van der Waals surface area contributed by atoms with Gasteiger partial charge in [0.15, 0.2) is 11.6 Å². The van der Waals surface area contributed by atoms with Crippen LogP contribution >= 0.6 is 45.2 Å². The van der Waals surface area contributed by atoms with E-state index in [-0.39, 0.29) is 7.27 Å². The summed E-state index contributed by atoms with van der Waals surface area (Å²) >= 11 is 2.96. The van der Waals surface area contributed by atoms with Crippen molar-refractivity contribution in [2.45, 2.75) is 6.36 Å². The van der Waals surface area contributed by atoms with E-state index < -0.39 is 17.9 Å². The van der Waals surface area contributed by atoms with Gasteiger partial charge < -0.3 is 4.74 Å². The number of pyridine rings is 1. The van der Waals surface area contributed by atoms with Crippen LogP contribution in [0.2, 0.25) is 0 Å². The van der Waals surface area contributed by atoms with E-state index in [1.54, 1.807) is 0 Å². The molecule has 0 saturated heterocycles. The average Bonchev–Trinajstić information content (AvgIpc) is 2.04. The molecule has 0 aliphatic rings.